The first-order valence-electron chi connectivity index (χ1n) is 17.6. The number of carbonyl (C=O) groups is 2. The molecule has 1 atom stereocenters. The second-order valence-electron chi connectivity index (χ2n) is 12.2. The van der Waals surface area contributed by atoms with Crippen LogP contribution in [0.4, 0.5) is 0 Å². The topological polar surface area (TPSA) is 63.6 Å². The first kappa shape index (κ1) is 38.7. The van der Waals surface area contributed by atoms with E-state index in [-0.39, 0.29) is 12.1 Å². The van der Waals surface area contributed by atoms with Gasteiger partial charge in [0.15, 0.2) is 0 Å². The molecular formula is C36H68O4. The Morgan fingerprint density at radius 3 is 1.38 bits per heavy atom. The number of rotatable bonds is 32. The minimum atomic E-state index is -0.665. The Morgan fingerprint density at radius 1 is 0.550 bits per heavy atom. The molecule has 1 unspecified atom stereocenters. The van der Waals surface area contributed by atoms with E-state index in [1.165, 1.54) is 135 Å². The SMILES string of the molecule is CCCCCC/C=C\CCCCCCCC(=O)OC(C)CCCCCCCCCCCCCCCCCC(=O)O. The average molecular weight is 565 g/mol. The van der Waals surface area contributed by atoms with Crippen molar-refractivity contribution < 1.29 is 19.4 Å². The highest BCUT2D eigenvalue weighted by molar-refractivity contribution is 5.69. The van der Waals surface area contributed by atoms with Crippen LogP contribution in [0.1, 0.15) is 200 Å². The first-order chi connectivity index (χ1) is 19.6. The van der Waals surface area contributed by atoms with Crippen molar-refractivity contribution in [3.63, 3.8) is 0 Å². The molecule has 0 spiro atoms. The predicted molar refractivity (Wildman–Crippen MR) is 172 cm³/mol. The van der Waals surface area contributed by atoms with E-state index in [2.05, 4.69) is 26.0 Å². The van der Waals surface area contributed by atoms with Crippen LogP contribution in [0.5, 0.6) is 0 Å². The van der Waals surface area contributed by atoms with Gasteiger partial charge in [-0.25, -0.2) is 0 Å². The summed E-state index contributed by atoms with van der Waals surface area (Å²) in [7, 11) is 0. The fraction of sp³-hybridized carbons (Fsp3) is 0.889. The Hall–Kier alpha value is -1.32. The van der Waals surface area contributed by atoms with Crippen molar-refractivity contribution in [3.8, 4) is 0 Å². The molecule has 0 aliphatic rings. The van der Waals surface area contributed by atoms with Crippen LogP contribution in [0.2, 0.25) is 0 Å². The number of hydrogen-bond acceptors (Lipinski definition) is 3. The fourth-order valence-corrected chi connectivity index (χ4v) is 5.33. The molecule has 1 N–H and O–H groups in total. The maximum atomic E-state index is 12.1. The lowest BCUT2D eigenvalue weighted by Gasteiger charge is -2.13. The van der Waals surface area contributed by atoms with Gasteiger partial charge in [-0.2, -0.15) is 0 Å². The molecule has 0 amide bonds. The maximum Gasteiger partial charge on any atom is 0.306 e. The summed E-state index contributed by atoms with van der Waals surface area (Å²) in [6.45, 7) is 4.31. The molecule has 0 aromatic rings. The lowest BCUT2D eigenvalue weighted by atomic mass is 10.0. The molecule has 4 heteroatoms. The normalized spacial score (nSPS) is 12.2. The molecule has 0 fully saturated rings. The van der Waals surface area contributed by atoms with E-state index in [0.29, 0.717) is 12.8 Å². The van der Waals surface area contributed by atoms with E-state index < -0.39 is 5.97 Å². The van der Waals surface area contributed by atoms with Crippen LogP contribution in [-0.2, 0) is 14.3 Å². The van der Waals surface area contributed by atoms with Crippen LogP contribution < -0.4 is 0 Å². The molecule has 0 aromatic carbocycles. The van der Waals surface area contributed by atoms with Gasteiger partial charge in [0, 0.05) is 12.8 Å². The van der Waals surface area contributed by atoms with Crippen LogP contribution in [0.25, 0.3) is 0 Å². The van der Waals surface area contributed by atoms with Gasteiger partial charge in [0.25, 0.3) is 0 Å². The van der Waals surface area contributed by atoms with E-state index in [4.69, 9.17) is 9.84 Å². The highest BCUT2D eigenvalue weighted by Gasteiger charge is 2.09. The summed E-state index contributed by atoms with van der Waals surface area (Å²) in [6.07, 6.45) is 39.2. The van der Waals surface area contributed by atoms with Crippen molar-refractivity contribution in [2.45, 2.75) is 206 Å². The fourth-order valence-electron chi connectivity index (χ4n) is 5.33. The van der Waals surface area contributed by atoms with Crippen molar-refractivity contribution in [1.29, 1.82) is 0 Å². The summed E-state index contributed by atoms with van der Waals surface area (Å²) in [5, 5.41) is 8.63. The number of allylic oxidation sites excluding steroid dienone is 2. The number of esters is 1. The number of hydrogen-bond donors (Lipinski definition) is 1. The zero-order valence-electron chi connectivity index (χ0n) is 26.9. The Labute approximate surface area is 249 Å². The average Bonchev–Trinajstić information content (AvgIpc) is 2.92. The molecular weight excluding hydrogens is 496 g/mol. The highest BCUT2D eigenvalue weighted by Crippen LogP contribution is 2.15. The number of ether oxygens (including phenoxy) is 1. The van der Waals surface area contributed by atoms with Gasteiger partial charge in [0.05, 0.1) is 6.10 Å². The summed E-state index contributed by atoms with van der Waals surface area (Å²) in [6, 6.07) is 0. The Balaban J connectivity index is 3.31. The van der Waals surface area contributed by atoms with Crippen LogP contribution in [0.15, 0.2) is 12.2 Å². The molecule has 0 aliphatic heterocycles. The zero-order chi connectivity index (χ0) is 29.4. The number of unbranched alkanes of at least 4 members (excludes halogenated alkanes) is 23. The minimum Gasteiger partial charge on any atom is -0.481 e. The third kappa shape index (κ3) is 32.9. The van der Waals surface area contributed by atoms with E-state index in [9.17, 15) is 9.59 Å². The molecule has 4 nitrogen and oxygen atoms in total. The summed E-state index contributed by atoms with van der Waals surface area (Å²) < 4.78 is 5.62. The molecule has 0 saturated heterocycles. The molecule has 0 heterocycles. The standard InChI is InChI=1S/C36H68O4/c1-3-4-5-6-7-8-9-13-18-21-24-27-30-33-36(39)40-34(2)31-28-25-22-19-16-14-11-10-12-15-17-20-23-26-29-32-35(37)38/h8-9,34H,3-7,10-33H2,1-2H3,(H,37,38)/b9-8-. The third-order valence-corrected chi connectivity index (χ3v) is 7.98. The molecule has 0 bridgehead atoms. The predicted octanol–water partition coefficient (Wildman–Crippen LogP) is 11.9. The van der Waals surface area contributed by atoms with Crippen LogP contribution in [-0.4, -0.2) is 23.1 Å². The number of aliphatic carboxylic acids is 1. The molecule has 0 aromatic heterocycles. The lowest BCUT2D eigenvalue weighted by molar-refractivity contribution is -0.148. The van der Waals surface area contributed by atoms with E-state index in [1.54, 1.807) is 0 Å². The van der Waals surface area contributed by atoms with Gasteiger partial charge in [-0.3, -0.25) is 9.59 Å². The minimum absolute atomic E-state index is 0.00533. The monoisotopic (exact) mass is 565 g/mol. The molecule has 0 saturated carbocycles. The van der Waals surface area contributed by atoms with Crippen LogP contribution in [0, 0.1) is 0 Å². The maximum absolute atomic E-state index is 12.1. The van der Waals surface area contributed by atoms with E-state index in [0.717, 1.165) is 38.5 Å². The van der Waals surface area contributed by atoms with Crippen molar-refractivity contribution in [3.05, 3.63) is 12.2 Å². The van der Waals surface area contributed by atoms with Gasteiger partial charge in [-0.15, -0.1) is 0 Å². The van der Waals surface area contributed by atoms with Gasteiger partial charge in [0.2, 0.25) is 0 Å². The van der Waals surface area contributed by atoms with Gasteiger partial charge < -0.3 is 9.84 Å². The Kier molecular flexibility index (Phi) is 31.1. The van der Waals surface area contributed by atoms with Crippen LogP contribution in [0.3, 0.4) is 0 Å². The summed E-state index contributed by atoms with van der Waals surface area (Å²) in [5.74, 6) is -0.671. The molecule has 236 valence electrons. The molecule has 0 radical (unpaired) electrons. The highest BCUT2D eigenvalue weighted by atomic mass is 16.5. The van der Waals surface area contributed by atoms with Crippen molar-refractivity contribution in [2.24, 2.45) is 0 Å². The lowest BCUT2D eigenvalue weighted by Crippen LogP contribution is -2.14. The second-order valence-corrected chi connectivity index (χ2v) is 12.2. The third-order valence-electron chi connectivity index (χ3n) is 7.98. The van der Waals surface area contributed by atoms with Gasteiger partial charge in [-0.1, -0.05) is 141 Å². The number of carbonyl (C=O) groups excluding carboxylic acids is 1. The van der Waals surface area contributed by atoms with Crippen LogP contribution >= 0.6 is 0 Å². The van der Waals surface area contributed by atoms with Gasteiger partial charge in [-0.05, 0) is 58.3 Å². The van der Waals surface area contributed by atoms with Crippen molar-refractivity contribution in [2.75, 3.05) is 0 Å². The summed E-state index contributed by atoms with van der Waals surface area (Å²) in [5.41, 5.74) is 0. The summed E-state index contributed by atoms with van der Waals surface area (Å²) in [4.78, 5) is 22.6. The smallest absolute Gasteiger partial charge is 0.306 e. The van der Waals surface area contributed by atoms with E-state index in [1.807, 2.05) is 0 Å². The van der Waals surface area contributed by atoms with Gasteiger partial charge in [0.1, 0.15) is 0 Å². The van der Waals surface area contributed by atoms with Crippen molar-refractivity contribution >= 4 is 11.9 Å². The summed E-state index contributed by atoms with van der Waals surface area (Å²) >= 11 is 0. The molecule has 0 aliphatic carbocycles. The second kappa shape index (κ2) is 32.2. The molecule has 40 heavy (non-hydrogen) atoms. The number of carboxylic acid groups (broad SMARTS) is 1. The van der Waals surface area contributed by atoms with E-state index >= 15 is 0 Å². The zero-order valence-corrected chi connectivity index (χ0v) is 26.9. The quantitative estimate of drug-likeness (QED) is 0.0501. The van der Waals surface area contributed by atoms with Crippen molar-refractivity contribution in [1.82, 2.24) is 0 Å². The van der Waals surface area contributed by atoms with Gasteiger partial charge >= 0.3 is 11.9 Å². The largest absolute Gasteiger partial charge is 0.481 e. The first-order valence-corrected chi connectivity index (χ1v) is 17.6. The Bertz CT molecular complexity index is 571. The number of carboxylic acids is 1. The Morgan fingerprint density at radius 2 is 0.925 bits per heavy atom. The molecule has 0 rings (SSSR count).